The maximum Gasteiger partial charge on any atom is 0.259 e. The number of rotatable bonds is 7. The zero-order chi connectivity index (χ0) is 26.2. The number of aliphatic hydroxyl groups is 1. The number of aromatic nitrogens is 1. The fraction of sp³-hybridized carbons (Fsp3) is 0.444. The first-order chi connectivity index (χ1) is 17.3. The highest BCUT2D eigenvalue weighted by molar-refractivity contribution is 5.97. The lowest BCUT2D eigenvalue weighted by Gasteiger charge is -2.37. The lowest BCUT2D eigenvalue weighted by molar-refractivity contribution is -0.135. The van der Waals surface area contributed by atoms with Gasteiger partial charge in [0.1, 0.15) is 24.0 Å². The van der Waals surface area contributed by atoms with Crippen molar-refractivity contribution in [3.05, 3.63) is 53.2 Å². The van der Waals surface area contributed by atoms with Crippen LogP contribution >= 0.6 is 0 Å². The maximum atomic E-state index is 13.5. The minimum Gasteiger partial charge on any atom is -0.495 e. The first kappa shape index (κ1) is 27.0. The number of carbonyl (C=O) groups excluding carboxylic acids is 2. The molecule has 2 heterocycles. The van der Waals surface area contributed by atoms with Gasteiger partial charge in [0, 0.05) is 38.4 Å². The van der Waals surface area contributed by atoms with Crippen LogP contribution in [0.1, 0.15) is 35.3 Å². The SMILES string of the molecule is COCC(=O)N(C)C[C@@H]1Oc2ncc(C#Cc3ccccc3OC)cc2C(=O)N([C@H](C)CO)C[C@@H]1C. The monoisotopic (exact) mass is 495 g/mol. The Labute approximate surface area is 212 Å². The van der Waals surface area contributed by atoms with E-state index in [2.05, 4.69) is 16.8 Å². The third-order valence-corrected chi connectivity index (χ3v) is 6.12. The molecule has 0 bridgehead atoms. The summed E-state index contributed by atoms with van der Waals surface area (Å²) < 4.78 is 16.5. The summed E-state index contributed by atoms with van der Waals surface area (Å²) in [6, 6.07) is 8.64. The van der Waals surface area contributed by atoms with E-state index in [9.17, 15) is 14.7 Å². The van der Waals surface area contributed by atoms with Gasteiger partial charge >= 0.3 is 0 Å². The Morgan fingerprint density at radius 2 is 2.08 bits per heavy atom. The van der Waals surface area contributed by atoms with Gasteiger partial charge in [0.05, 0.1) is 31.9 Å². The molecule has 1 aliphatic heterocycles. The number of nitrogens with zero attached hydrogens (tertiary/aromatic N) is 3. The first-order valence-corrected chi connectivity index (χ1v) is 11.8. The molecule has 0 fully saturated rings. The lowest BCUT2D eigenvalue weighted by atomic mass is 10.00. The Morgan fingerprint density at radius 1 is 1.33 bits per heavy atom. The third-order valence-electron chi connectivity index (χ3n) is 6.12. The number of amides is 2. The van der Waals surface area contributed by atoms with Crippen molar-refractivity contribution in [2.24, 2.45) is 5.92 Å². The van der Waals surface area contributed by atoms with Crippen LogP contribution in [0.25, 0.3) is 0 Å². The minimum absolute atomic E-state index is 0.0349. The van der Waals surface area contributed by atoms with E-state index < -0.39 is 12.1 Å². The van der Waals surface area contributed by atoms with E-state index in [1.54, 1.807) is 43.1 Å². The molecule has 0 aliphatic carbocycles. The molecule has 192 valence electrons. The molecule has 0 radical (unpaired) electrons. The molecule has 0 saturated heterocycles. The number of para-hydroxylation sites is 1. The second kappa shape index (κ2) is 12.4. The minimum atomic E-state index is -0.436. The summed E-state index contributed by atoms with van der Waals surface area (Å²) in [7, 11) is 4.73. The molecule has 2 aromatic rings. The Balaban J connectivity index is 1.98. The Bertz CT molecular complexity index is 1140. The topological polar surface area (TPSA) is 101 Å². The summed E-state index contributed by atoms with van der Waals surface area (Å²) in [5, 5.41) is 9.82. The highest BCUT2D eigenvalue weighted by atomic mass is 16.5. The fourth-order valence-corrected chi connectivity index (χ4v) is 3.88. The van der Waals surface area contributed by atoms with Gasteiger partial charge in [-0.05, 0) is 25.1 Å². The average Bonchev–Trinajstić information content (AvgIpc) is 2.89. The Hall–Kier alpha value is -3.61. The molecule has 3 atom stereocenters. The molecular weight excluding hydrogens is 462 g/mol. The van der Waals surface area contributed by atoms with Crippen LogP contribution in [0.2, 0.25) is 0 Å². The fourth-order valence-electron chi connectivity index (χ4n) is 3.88. The summed E-state index contributed by atoms with van der Waals surface area (Å²) >= 11 is 0. The van der Waals surface area contributed by atoms with Gasteiger partial charge in [-0.1, -0.05) is 30.9 Å². The molecule has 1 N–H and O–H groups in total. The van der Waals surface area contributed by atoms with E-state index >= 15 is 0 Å². The summed E-state index contributed by atoms with van der Waals surface area (Å²) in [5.41, 5.74) is 1.50. The number of benzene rings is 1. The first-order valence-electron chi connectivity index (χ1n) is 11.8. The smallest absolute Gasteiger partial charge is 0.259 e. The zero-order valence-corrected chi connectivity index (χ0v) is 21.4. The number of likely N-dealkylation sites (N-methyl/N-ethyl adjacent to an activating group) is 1. The van der Waals surface area contributed by atoms with Crippen molar-refractivity contribution in [3.8, 4) is 23.5 Å². The van der Waals surface area contributed by atoms with Crippen molar-refractivity contribution in [3.63, 3.8) is 0 Å². The molecule has 0 spiro atoms. The number of hydrogen-bond donors (Lipinski definition) is 1. The van der Waals surface area contributed by atoms with Gasteiger partial charge in [0.15, 0.2) is 0 Å². The molecule has 1 aromatic heterocycles. The van der Waals surface area contributed by atoms with Crippen molar-refractivity contribution < 1.29 is 28.9 Å². The molecule has 0 saturated carbocycles. The van der Waals surface area contributed by atoms with Crippen molar-refractivity contribution >= 4 is 11.8 Å². The molecule has 1 aromatic carbocycles. The number of methoxy groups -OCH3 is 2. The molecular formula is C27H33N3O6. The second-order valence-corrected chi connectivity index (χ2v) is 8.86. The summed E-state index contributed by atoms with van der Waals surface area (Å²) in [4.78, 5) is 33.4. The molecule has 9 heteroatoms. The molecule has 0 unspecified atom stereocenters. The highest BCUT2D eigenvalue weighted by Crippen LogP contribution is 2.27. The zero-order valence-electron chi connectivity index (χ0n) is 21.4. The van der Waals surface area contributed by atoms with Gasteiger partial charge in [-0.15, -0.1) is 0 Å². The summed E-state index contributed by atoms with van der Waals surface area (Å²) in [5.74, 6) is 6.31. The van der Waals surface area contributed by atoms with Gasteiger partial charge in [0.25, 0.3) is 5.91 Å². The number of carbonyl (C=O) groups is 2. The number of ether oxygens (including phenoxy) is 3. The highest BCUT2D eigenvalue weighted by Gasteiger charge is 2.34. The normalized spacial score (nSPS) is 18.1. The van der Waals surface area contributed by atoms with Gasteiger partial charge in [-0.2, -0.15) is 0 Å². The summed E-state index contributed by atoms with van der Waals surface area (Å²) in [6.45, 7) is 4.14. The van der Waals surface area contributed by atoms with Gasteiger partial charge in [0.2, 0.25) is 11.8 Å². The third kappa shape index (κ3) is 6.33. The van der Waals surface area contributed by atoms with Crippen LogP contribution < -0.4 is 9.47 Å². The molecule has 3 rings (SSSR count). The number of pyridine rings is 1. The second-order valence-electron chi connectivity index (χ2n) is 8.86. The lowest BCUT2D eigenvalue weighted by Crippen LogP contribution is -2.50. The quantitative estimate of drug-likeness (QED) is 0.585. The van der Waals surface area contributed by atoms with Crippen LogP contribution in [0.3, 0.4) is 0 Å². The predicted octanol–water partition coefficient (Wildman–Crippen LogP) is 1.81. The standard InChI is InChI=1S/C27H33N3O6/c1-18-14-30(19(2)16-31)27(33)22-12-20(10-11-21-8-6-7-9-23(21)35-5)13-28-26(22)36-24(18)15-29(3)25(32)17-34-4/h6-9,12-13,18-19,24,31H,14-17H2,1-5H3/t18-,19+,24-/m0/s1. The van der Waals surface area contributed by atoms with E-state index in [1.807, 2.05) is 31.2 Å². The van der Waals surface area contributed by atoms with E-state index in [1.165, 1.54) is 7.11 Å². The van der Waals surface area contributed by atoms with Crippen LogP contribution in [-0.4, -0.2) is 91.4 Å². The van der Waals surface area contributed by atoms with Crippen LogP contribution in [0.5, 0.6) is 11.6 Å². The van der Waals surface area contributed by atoms with Crippen molar-refractivity contribution in [2.75, 3.05) is 47.6 Å². The number of hydrogen-bond acceptors (Lipinski definition) is 7. The van der Waals surface area contributed by atoms with E-state index in [-0.39, 0.29) is 48.9 Å². The maximum absolute atomic E-state index is 13.5. The molecule has 2 amide bonds. The predicted molar refractivity (Wildman–Crippen MR) is 134 cm³/mol. The number of aliphatic hydroxyl groups excluding tert-OH is 1. The van der Waals surface area contributed by atoms with E-state index in [0.29, 0.717) is 23.4 Å². The Morgan fingerprint density at radius 3 is 2.78 bits per heavy atom. The van der Waals surface area contributed by atoms with Crippen LogP contribution in [0.15, 0.2) is 36.5 Å². The summed E-state index contributed by atoms with van der Waals surface area (Å²) in [6.07, 6.45) is 1.12. The van der Waals surface area contributed by atoms with Crippen molar-refractivity contribution in [1.29, 1.82) is 0 Å². The molecule has 36 heavy (non-hydrogen) atoms. The Kier molecular flexibility index (Phi) is 9.28. The van der Waals surface area contributed by atoms with Crippen LogP contribution in [-0.2, 0) is 9.53 Å². The van der Waals surface area contributed by atoms with Crippen molar-refractivity contribution in [2.45, 2.75) is 26.0 Å². The van der Waals surface area contributed by atoms with Gasteiger partial charge in [-0.3, -0.25) is 9.59 Å². The van der Waals surface area contributed by atoms with Crippen LogP contribution in [0.4, 0.5) is 0 Å². The van der Waals surface area contributed by atoms with E-state index in [0.717, 1.165) is 0 Å². The van der Waals surface area contributed by atoms with Crippen LogP contribution in [0, 0.1) is 17.8 Å². The van der Waals surface area contributed by atoms with Gasteiger partial charge in [-0.25, -0.2) is 4.98 Å². The van der Waals surface area contributed by atoms with E-state index in [4.69, 9.17) is 14.2 Å². The molecule has 9 nitrogen and oxygen atoms in total. The number of fused-ring (bicyclic) bond motifs is 1. The molecule has 1 aliphatic rings. The van der Waals surface area contributed by atoms with Gasteiger partial charge < -0.3 is 29.1 Å². The van der Waals surface area contributed by atoms with Crippen molar-refractivity contribution in [1.82, 2.24) is 14.8 Å². The largest absolute Gasteiger partial charge is 0.495 e. The average molecular weight is 496 g/mol.